The Hall–Kier alpha value is -3.77. The minimum atomic E-state index is -1.13. The van der Waals surface area contributed by atoms with E-state index in [9.17, 15) is 14.7 Å². The Labute approximate surface area is 183 Å². The van der Waals surface area contributed by atoms with E-state index in [0.717, 1.165) is 16.5 Å². The Morgan fingerprint density at radius 3 is 2.55 bits per heavy atom. The van der Waals surface area contributed by atoms with Gasteiger partial charge in [-0.2, -0.15) is 0 Å². The summed E-state index contributed by atoms with van der Waals surface area (Å²) in [4.78, 5) is 27.9. The minimum Gasteiger partial charge on any atom is -0.480 e. The van der Waals surface area contributed by atoms with Crippen molar-refractivity contribution < 1.29 is 19.4 Å². The summed E-state index contributed by atoms with van der Waals surface area (Å²) in [6.07, 6.45) is 1.85. The van der Waals surface area contributed by atoms with E-state index < -0.39 is 17.9 Å². The van der Waals surface area contributed by atoms with E-state index in [1.807, 2.05) is 24.3 Å². The molecule has 3 N–H and O–H groups in total. The maximum atomic E-state index is 12.9. The van der Waals surface area contributed by atoms with Crippen LogP contribution >= 0.6 is 11.6 Å². The van der Waals surface area contributed by atoms with Crippen LogP contribution in [0.25, 0.3) is 10.9 Å². The highest BCUT2D eigenvalue weighted by atomic mass is 35.5. The summed E-state index contributed by atoms with van der Waals surface area (Å²) in [5.41, 5.74) is 1.83. The lowest BCUT2D eigenvalue weighted by Gasteiger charge is -2.16. The Balaban J connectivity index is 1.55. The Morgan fingerprint density at radius 1 is 1.03 bits per heavy atom. The molecule has 4 rings (SSSR count). The molecule has 0 saturated heterocycles. The molecule has 0 aliphatic rings. The van der Waals surface area contributed by atoms with Crippen LogP contribution in [0.4, 0.5) is 0 Å². The summed E-state index contributed by atoms with van der Waals surface area (Å²) in [5, 5.41) is 13.8. The molecule has 6 nitrogen and oxygen atoms in total. The average molecular weight is 435 g/mol. The summed E-state index contributed by atoms with van der Waals surface area (Å²) in [5.74, 6) is -0.730. The maximum Gasteiger partial charge on any atom is 0.326 e. The first-order valence-electron chi connectivity index (χ1n) is 9.62. The monoisotopic (exact) mass is 434 g/mol. The number of hydrogen-bond acceptors (Lipinski definition) is 3. The fourth-order valence-electron chi connectivity index (χ4n) is 3.34. The summed E-state index contributed by atoms with van der Waals surface area (Å²) >= 11 is 6.01. The van der Waals surface area contributed by atoms with Gasteiger partial charge in [0.1, 0.15) is 17.5 Å². The van der Waals surface area contributed by atoms with Crippen molar-refractivity contribution in [2.75, 3.05) is 0 Å². The average Bonchev–Trinajstić information content (AvgIpc) is 3.16. The molecule has 0 aliphatic carbocycles. The number of rotatable bonds is 7. The topological polar surface area (TPSA) is 91.4 Å². The summed E-state index contributed by atoms with van der Waals surface area (Å²) < 4.78 is 5.82. The minimum absolute atomic E-state index is 0.115. The highest BCUT2D eigenvalue weighted by Gasteiger charge is 2.24. The van der Waals surface area contributed by atoms with Crippen LogP contribution in [0.2, 0.25) is 5.02 Å². The highest BCUT2D eigenvalue weighted by molar-refractivity contribution is 6.31. The molecule has 31 heavy (non-hydrogen) atoms. The number of aliphatic carboxylic acids is 1. The van der Waals surface area contributed by atoms with Gasteiger partial charge in [-0.1, -0.05) is 48.0 Å². The third-order valence-corrected chi connectivity index (χ3v) is 5.09. The quantitative estimate of drug-likeness (QED) is 0.380. The van der Waals surface area contributed by atoms with Crippen LogP contribution in [0, 0.1) is 0 Å². The van der Waals surface area contributed by atoms with Crippen molar-refractivity contribution in [1.29, 1.82) is 0 Å². The molecule has 0 radical (unpaired) electrons. The molecule has 1 amide bonds. The first-order chi connectivity index (χ1) is 15.0. The van der Waals surface area contributed by atoms with Crippen LogP contribution in [0.3, 0.4) is 0 Å². The normalized spacial score (nSPS) is 11.8. The van der Waals surface area contributed by atoms with Crippen LogP contribution in [0.1, 0.15) is 15.9 Å². The molecule has 0 saturated carbocycles. The number of carboxylic acid groups (broad SMARTS) is 1. The molecule has 0 unspecified atom stereocenters. The third-order valence-electron chi connectivity index (χ3n) is 4.86. The van der Waals surface area contributed by atoms with Gasteiger partial charge in [-0.25, -0.2) is 4.79 Å². The number of halogens is 1. The van der Waals surface area contributed by atoms with Gasteiger partial charge in [0.25, 0.3) is 5.91 Å². The number of nitrogens with one attached hydrogen (secondary N) is 2. The number of fused-ring (bicyclic) bond motifs is 1. The van der Waals surface area contributed by atoms with Crippen LogP contribution in [0.15, 0.2) is 79.0 Å². The number of carbonyl (C=O) groups excluding carboxylic acids is 1. The predicted octanol–water partition coefficient (Wildman–Crippen LogP) is 5.04. The Kier molecular flexibility index (Phi) is 5.91. The van der Waals surface area contributed by atoms with Gasteiger partial charge in [0.2, 0.25) is 0 Å². The number of ether oxygens (including phenoxy) is 1. The molecule has 1 heterocycles. The zero-order valence-corrected chi connectivity index (χ0v) is 17.1. The fourth-order valence-corrected chi connectivity index (χ4v) is 3.51. The molecule has 0 bridgehead atoms. The molecule has 4 aromatic rings. The molecular weight excluding hydrogens is 416 g/mol. The number of hydrogen-bond donors (Lipinski definition) is 3. The number of carbonyl (C=O) groups is 2. The van der Waals surface area contributed by atoms with E-state index in [1.165, 1.54) is 0 Å². The van der Waals surface area contributed by atoms with E-state index in [-0.39, 0.29) is 12.0 Å². The highest BCUT2D eigenvalue weighted by Crippen LogP contribution is 2.26. The van der Waals surface area contributed by atoms with E-state index in [0.29, 0.717) is 16.5 Å². The number of aromatic nitrogens is 1. The molecule has 1 atom stereocenters. The molecule has 0 aliphatic heterocycles. The summed E-state index contributed by atoms with van der Waals surface area (Å²) in [6.45, 7) is 0. The predicted molar refractivity (Wildman–Crippen MR) is 119 cm³/mol. The zero-order chi connectivity index (χ0) is 21.8. The van der Waals surface area contributed by atoms with Crippen molar-refractivity contribution in [2.24, 2.45) is 0 Å². The largest absolute Gasteiger partial charge is 0.480 e. The van der Waals surface area contributed by atoms with Crippen molar-refractivity contribution >= 4 is 34.4 Å². The fraction of sp³-hybridized carbons (Fsp3) is 0.0833. The molecule has 0 spiro atoms. The zero-order valence-electron chi connectivity index (χ0n) is 16.3. The number of para-hydroxylation sites is 2. The van der Waals surface area contributed by atoms with Crippen LogP contribution in [-0.2, 0) is 11.2 Å². The van der Waals surface area contributed by atoms with Gasteiger partial charge in [0, 0.05) is 28.5 Å². The number of H-pyrrole nitrogens is 1. The molecule has 3 aromatic carbocycles. The van der Waals surface area contributed by atoms with Gasteiger partial charge in [-0.3, -0.25) is 4.79 Å². The van der Waals surface area contributed by atoms with E-state index in [2.05, 4.69) is 10.3 Å². The van der Waals surface area contributed by atoms with Crippen LogP contribution in [0.5, 0.6) is 11.5 Å². The smallest absolute Gasteiger partial charge is 0.326 e. The summed E-state index contributed by atoms with van der Waals surface area (Å²) in [7, 11) is 0. The second-order valence-electron chi connectivity index (χ2n) is 6.98. The number of amides is 1. The van der Waals surface area contributed by atoms with Crippen molar-refractivity contribution in [3.63, 3.8) is 0 Å². The Bertz CT molecular complexity index is 1240. The second-order valence-corrected chi connectivity index (χ2v) is 7.42. The molecule has 7 heteroatoms. The van der Waals surface area contributed by atoms with Crippen LogP contribution < -0.4 is 10.1 Å². The van der Waals surface area contributed by atoms with Gasteiger partial charge in [0.05, 0.1) is 5.56 Å². The van der Waals surface area contributed by atoms with Crippen molar-refractivity contribution in [1.82, 2.24) is 10.3 Å². The second kappa shape index (κ2) is 8.93. The third kappa shape index (κ3) is 4.70. The number of benzene rings is 3. The SMILES string of the molecule is O=C(N[C@@H](Cc1c[nH]c2cc(Cl)ccc12)C(=O)O)c1ccccc1Oc1ccccc1. The maximum absolute atomic E-state index is 12.9. The summed E-state index contributed by atoms with van der Waals surface area (Å²) in [6, 6.07) is 20.0. The van der Waals surface area contributed by atoms with Gasteiger partial charge in [0.15, 0.2) is 0 Å². The van der Waals surface area contributed by atoms with Crippen molar-refractivity contribution in [3.8, 4) is 11.5 Å². The Morgan fingerprint density at radius 2 is 1.77 bits per heavy atom. The lowest BCUT2D eigenvalue weighted by molar-refractivity contribution is -0.139. The van der Waals surface area contributed by atoms with E-state index in [1.54, 1.807) is 54.7 Å². The van der Waals surface area contributed by atoms with Gasteiger partial charge < -0.3 is 20.1 Å². The van der Waals surface area contributed by atoms with Gasteiger partial charge >= 0.3 is 5.97 Å². The van der Waals surface area contributed by atoms with Crippen molar-refractivity contribution in [2.45, 2.75) is 12.5 Å². The van der Waals surface area contributed by atoms with Crippen LogP contribution in [-0.4, -0.2) is 28.0 Å². The number of aromatic amines is 1. The van der Waals surface area contributed by atoms with Gasteiger partial charge in [-0.15, -0.1) is 0 Å². The van der Waals surface area contributed by atoms with E-state index >= 15 is 0 Å². The lowest BCUT2D eigenvalue weighted by atomic mass is 10.0. The molecule has 1 aromatic heterocycles. The lowest BCUT2D eigenvalue weighted by Crippen LogP contribution is -2.42. The first kappa shape index (κ1) is 20.5. The molecular formula is C24H19ClN2O4. The van der Waals surface area contributed by atoms with Crippen molar-refractivity contribution in [3.05, 3.63) is 95.1 Å². The molecule has 0 fully saturated rings. The standard InChI is InChI=1S/C24H19ClN2O4/c25-16-10-11-18-15(14-26-20(18)13-16)12-21(24(29)30)27-23(28)19-8-4-5-9-22(19)31-17-6-2-1-3-7-17/h1-11,13-14,21,26H,12H2,(H,27,28)(H,29,30)/t21-/m0/s1. The molecule has 156 valence electrons. The van der Waals surface area contributed by atoms with E-state index in [4.69, 9.17) is 16.3 Å². The first-order valence-corrected chi connectivity index (χ1v) is 10.00. The number of carboxylic acids is 1. The van der Waals surface area contributed by atoms with Gasteiger partial charge in [-0.05, 0) is 42.0 Å².